The lowest BCUT2D eigenvalue weighted by Crippen LogP contribution is -2.44. The van der Waals surface area contributed by atoms with Gasteiger partial charge < -0.3 is 10.4 Å². The van der Waals surface area contributed by atoms with Crippen molar-refractivity contribution in [2.45, 2.75) is 39.2 Å². The first kappa shape index (κ1) is 16.1. The fraction of sp³-hybridized carbons (Fsp3) is 0.467. The molecule has 110 valence electrons. The molecule has 1 rings (SSSR count). The minimum atomic E-state index is -1.05. The molecule has 0 spiro atoms. The summed E-state index contributed by atoms with van der Waals surface area (Å²) >= 11 is 0. The lowest BCUT2D eigenvalue weighted by molar-refractivity contribution is -0.143. The molecule has 0 aliphatic carbocycles. The molecule has 0 aliphatic heterocycles. The highest BCUT2D eigenvalue weighted by Gasteiger charge is 2.24. The molecule has 0 saturated heterocycles. The van der Waals surface area contributed by atoms with Crippen molar-refractivity contribution >= 4 is 11.9 Å². The third-order valence-corrected chi connectivity index (χ3v) is 3.16. The summed E-state index contributed by atoms with van der Waals surface area (Å²) in [5.41, 5.74) is 0.719. The fourth-order valence-corrected chi connectivity index (χ4v) is 1.95. The summed E-state index contributed by atoms with van der Waals surface area (Å²) in [6.07, 6.45) is 0.125. The first-order valence-electron chi connectivity index (χ1n) is 6.59. The zero-order chi connectivity index (χ0) is 15.3. The van der Waals surface area contributed by atoms with E-state index in [0.29, 0.717) is 0 Å². The van der Waals surface area contributed by atoms with Crippen LogP contribution in [-0.2, 0) is 9.59 Å². The standard InChI is InChI=1S/C15H20FNO3/c1-9(2)14(15(19)20)17-13(18)7-10(3)11-5-4-6-12(16)8-11/h4-6,8-10,14H,7H2,1-3H3,(H,17,18)(H,19,20)/t10-,14+/m1/s1. The zero-order valence-corrected chi connectivity index (χ0v) is 11.9. The van der Waals surface area contributed by atoms with Crippen LogP contribution in [0, 0.1) is 11.7 Å². The Balaban J connectivity index is 2.64. The molecule has 5 heteroatoms. The van der Waals surface area contributed by atoms with Crippen LogP contribution < -0.4 is 5.32 Å². The number of nitrogens with one attached hydrogen (secondary N) is 1. The number of hydrogen-bond acceptors (Lipinski definition) is 2. The van der Waals surface area contributed by atoms with Gasteiger partial charge in [0.2, 0.25) is 5.91 Å². The molecule has 0 aliphatic rings. The van der Waals surface area contributed by atoms with Crippen LogP contribution in [0.5, 0.6) is 0 Å². The first-order valence-corrected chi connectivity index (χ1v) is 6.59. The number of benzene rings is 1. The van der Waals surface area contributed by atoms with E-state index in [9.17, 15) is 14.0 Å². The van der Waals surface area contributed by atoms with Crippen molar-refractivity contribution in [2.75, 3.05) is 0 Å². The molecule has 1 aromatic carbocycles. The molecule has 1 amide bonds. The lowest BCUT2D eigenvalue weighted by atomic mass is 9.96. The lowest BCUT2D eigenvalue weighted by Gasteiger charge is -2.19. The van der Waals surface area contributed by atoms with Gasteiger partial charge in [0.1, 0.15) is 11.9 Å². The molecule has 4 nitrogen and oxygen atoms in total. The van der Waals surface area contributed by atoms with Crippen LogP contribution in [-0.4, -0.2) is 23.0 Å². The maximum atomic E-state index is 13.1. The number of aliphatic carboxylic acids is 1. The molecule has 0 radical (unpaired) electrons. The Kier molecular flexibility index (Phi) is 5.67. The predicted molar refractivity (Wildman–Crippen MR) is 73.8 cm³/mol. The molecule has 0 bridgehead atoms. The molecule has 0 heterocycles. The number of carbonyl (C=O) groups excluding carboxylic acids is 1. The van der Waals surface area contributed by atoms with Crippen molar-refractivity contribution < 1.29 is 19.1 Å². The van der Waals surface area contributed by atoms with Crippen LogP contribution in [0.1, 0.15) is 38.7 Å². The third kappa shape index (κ3) is 4.64. The van der Waals surface area contributed by atoms with Gasteiger partial charge in [-0.25, -0.2) is 9.18 Å². The molecule has 0 unspecified atom stereocenters. The van der Waals surface area contributed by atoms with Gasteiger partial charge in [-0.1, -0.05) is 32.9 Å². The molecule has 2 atom stereocenters. The number of amides is 1. The normalized spacial score (nSPS) is 13.8. The van der Waals surface area contributed by atoms with Crippen molar-refractivity contribution in [3.05, 3.63) is 35.6 Å². The number of halogens is 1. The molecule has 20 heavy (non-hydrogen) atoms. The Morgan fingerprint density at radius 3 is 2.45 bits per heavy atom. The van der Waals surface area contributed by atoms with Crippen LogP contribution in [0.2, 0.25) is 0 Å². The monoisotopic (exact) mass is 281 g/mol. The third-order valence-electron chi connectivity index (χ3n) is 3.16. The van der Waals surface area contributed by atoms with Crippen molar-refractivity contribution in [1.29, 1.82) is 0 Å². The highest BCUT2D eigenvalue weighted by molar-refractivity contribution is 5.84. The van der Waals surface area contributed by atoms with E-state index in [4.69, 9.17) is 5.11 Å². The number of carboxylic acid groups (broad SMARTS) is 1. The van der Waals surface area contributed by atoms with E-state index >= 15 is 0 Å². The molecule has 0 aromatic heterocycles. The van der Waals surface area contributed by atoms with E-state index in [-0.39, 0.29) is 30.0 Å². The van der Waals surface area contributed by atoms with Gasteiger partial charge in [-0.3, -0.25) is 4.79 Å². The van der Waals surface area contributed by atoms with Gasteiger partial charge in [-0.15, -0.1) is 0 Å². The van der Waals surface area contributed by atoms with Crippen molar-refractivity contribution in [2.24, 2.45) is 5.92 Å². The van der Waals surface area contributed by atoms with Crippen LogP contribution in [0.3, 0.4) is 0 Å². The van der Waals surface area contributed by atoms with E-state index in [1.165, 1.54) is 12.1 Å². The Bertz CT molecular complexity index is 488. The van der Waals surface area contributed by atoms with E-state index in [2.05, 4.69) is 5.32 Å². The molecular formula is C15H20FNO3. The molecular weight excluding hydrogens is 261 g/mol. The van der Waals surface area contributed by atoms with Gasteiger partial charge in [-0.2, -0.15) is 0 Å². The second kappa shape index (κ2) is 7.03. The quantitative estimate of drug-likeness (QED) is 0.842. The second-order valence-corrected chi connectivity index (χ2v) is 5.29. The predicted octanol–water partition coefficient (Wildman–Crippen LogP) is 2.54. The van der Waals surface area contributed by atoms with Crippen LogP contribution in [0.15, 0.2) is 24.3 Å². The number of carbonyl (C=O) groups is 2. The van der Waals surface area contributed by atoms with Gasteiger partial charge in [-0.05, 0) is 29.5 Å². The van der Waals surface area contributed by atoms with E-state index in [1.807, 2.05) is 0 Å². The summed E-state index contributed by atoms with van der Waals surface area (Å²) < 4.78 is 13.1. The molecule has 2 N–H and O–H groups in total. The van der Waals surface area contributed by atoms with E-state index in [1.54, 1.807) is 32.9 Å². The van der Waals surface area contributed by atoms with Gasteiger partial charge in [0.15, 0.2) is 0 Å². The molecule has 0 fully saturated rings. The van der Waals surface area contributed by atoms with Gasteiger partial charge >= 0.3 is 5.97 Å². The maximum Gasteiger partial charge on any atom is 0.326 e. The summed E-state index contributed by atoms with van der Waals surface area (Å²) in [4.78, 5) is 22.9. The van der Waals surface area contributed by atoms with Gasteiger partial charge in [0.25, 0.3) is 0 Å². The summed E-state index contributed by atoms with van der Waals surface area (Å²) in [5.74, 6) is -2.11. The molecule has 0 saturated carbocycles. The van der Waals surface area contributed by atoms with E-state index < -0.39 is 12.0 Å². The summed E-state index contributed by atoms with van der Waals surface area (Å²) in [6, 6.07) is 5.16. The number of hydrogen-bond donors (Lipinski definition) is 2. The summed E-state index contributed by atoms with van der Waals surface area (Å²) in [5, 5.41) is 11.5. The largest absolute Gasteiger partial charge is 0.480 e. The van der Waals surface area contributed by atoms with Crippen LogP contribution in [0.25, 0.3) is 0 Å². The Morgan fingerprint density at radius 2 is 1.95 bits per heavy atom. The minimum absolute atomic E-state index is 0.125. The van der Waals surface area contributed by atoms with Crippen molar-refractivity contribution in [3.63, 3.8) is 0 Å². The van der Waals surface area contributed by atoms with E-state index in [0.717, 1.165) is 5.56 Å². The van der Waals surface area contributed by atoms with Crippen LogP contribution in [0.4, 0.5) is 4.39 Å². The van der Waals surface area contributed by atoms with Crippen molar-refractivity contribution in [1.82, 2.24) is 5.32 Å². The van der Waals surface area contributed by atoms with Crippen LogP contribution >= 0.6 is 0 Å². The topological polar surface area (TPSA) is 66.4 Å². The average Bonchev–Trinajstić information content (AvgIpc) is 2.35. The Labute approximate surface area is 118 Å². The van der Waals surface area contributed by atoms with Gasteiger partial charge in [0, 0.05) is 6.42 Å². The summed E-state index contributed by atoms with van der Waals surface area (Å²) in [6.45, 7) is 5.27. The highest BCUT2D eigenvalue weighted by Crippen LogP contribution is 2.19. The molecule has 1 aromatic rings. The SMILES string of the molecule is CC(C)[C@H](NC(=O)C[C@@H](C)c1cccc(F)c1)C(=O)O. The highest BCUT2D eigenvalue weighted by atomic mass is 19.1. The number of rotatable bonds is 6. The van der Waals surface area contributed by atoms with Crippen molar-refractivity contribution in [3.8, 4) is 0 Å². The van der Waals surface area contributed by atoms with Gasteiger partial charge in [0.05, 0.1) is 0 Å². The smallest absolute Gasteiger partial charge is 0.326 e. The Hall–Kier alpha value is -1.91. The summed E-state index contributed by atoms with van der Waals surface area (Å²) in [7, 11) is 0. The maximum absolute atomic E-state index is 13.1. The number of carboxylic acids is 1. The zero-order valence-electron chi connectivity index (χ0n) is 11.9. The second-order valence-electron chi connectivity index (χ2n) is 5.29. The average molecular weight is 281 g/mol. The fourth-order valence-electron chi connectivity index (χ4n) is 1.95. The first-order chi connectivity index (χ1) is 9.31. The minimum Gasteiger partial charge on any atom is -0.480 e. The Morgan fingerprint density at radius 1 is 1.30 bits per heavy atom.